The molecule has 1 aromatic rings. The molecule has 4 atom stereocenters. The first-order valence-electron chi connectivity index (χ1n) is 11.3. The molecule has 3 aliphatic rings. The summed E-state index contributed by atoms with van der Waals surface area (Å²) in [6.07, 6.45) is 7.14. The maximum atomic E-state index is 12.7. The smallest absolute Gasteiger partial charge is 0.233 e. The van der Waals surface area contributed by atoms with E-state index >= 15 is 0 Å². The number of unbranched alkanes of at least 4 members (excludes halogenated alkanes) is 1. The molecular weight excluding hydrogens is 392 g/mol. The van der Waals surface area contributed by atoms with Gasteiger partial charge in [0.2, 0.25) is 11.8 Å². The number of guanidine groups is 1. The van der Waals surface area contributed by atoms with Crippen LogP contribution in [0.2, 0.25) is 0 Å². The van der Waals surface area contributed by atoms with Crippen LogP contribution in [0.25, 0.3) is 0 Å². The van der Waals surface area contributed by atoms with E-state index in [-0.39, 0.29) is 35.5 Å². The highest BCUT2D eigenvalue weighted by Crippen LogP contribution is 2.52. The number of fused-ring (bicyclic) bond motifs is 5. The Morgan fingerprint density at radius 1 is 1.03 bits per heavy atom. The molecule has 2 amide bonds. The maximum absolute atomic E-state index is 12.7. The van der Waals surface area contributed by atoms with E-state index in [1.807, 2.05) is 18.2 Å². The summed E-state index contributed by atoms with van der Waals surface area (Å²) < 4.78 is 5.70. The van der Waals surface area contributed by atoms with Crippen LogP contribution in [0.1, 0.15) is 24.8 Å². The van der Waals surface area contributed by atoms with Crippen molar-refractivity contribution in [3.8, 4) is 0 Å². The minimum Gasteiger partial charge on any atom is -0.377 e. The van der Waals surface area contributed by atoms with Crippen LogP contribution in [-0.4, -0.2) is 56.0 Å². The zero-order chi connectivity index (χ0) is 21.6. The van der Waals surface area contributed by atoms with E-state index in [9.17, 15) is 9.59 Å². The molecule has 7 heteroatoms. The molecule has 31 heavy (non-hydrogen) atoms. The predicted molar refractivity (Wildman–Crippen MR) is 119 cm³/mol. The van der Waals surface area contributed by atoms with Crippen molar-refractivity contribution in [3.63, 3.8) is 0 Å². The monoisotopic (exact) mass is 424 g/mol. The van der Waals surface area contributed by atoms with E-state index in [4.69, 9.17) is 4.74 Å². The first kappa shape index (κ1) is 21.6. The third-order valence-corrected chi connectivity index (χ3v) is 6.53. The van der Waals surface area contributed by atoms with Gasteiger partial charge in [-0.15, -0.1) is 0 Å². The largest absolute Gasteiger partial charge is 0.377 e. The lowest BCUT2D eigenvalue weighted by atomic mass is 9.85. The Labute approximate surface area is 183 Å². The molecule has 2 bridgehead atoms. The minimum atomic E-state index is -0.121. The second-order valence-corrected chi connectivity index (χ2v) is 8.50. The highest BCUT2D eigenvalue weighted by molar-refractivity contribution is 6.06. The van der Waals surface area contributed by atoms with Crippen LogP contribution in [0.3, 0.4) is 0 Å². The molecule has 1 heterocycles. The molecule has 1 saturated carbocycles. The fourth-order valence-corrected chi connectivity index (χ4v) is 4.99. The van der Waals surface area contributed by atoms with Crippen molar-refractivity contribution in [1.82, 2.24) is 15.5 Å². The Hall–Kier alpha value is -2.67. The van der Waals surface area contributed by atoms with Crippen molar-refractivity contribution in [3.05, 3.63) is 48.0 Å². The van der Waals surface area contributed by atoms with Crippen molar-refractivity contribution in [2.75, 3.05) is 33.3 Å². The molecule has 0 spiro atoms. The lowest BCUT2D eigenvalue weighted by Crippen LogP contribution is -2.43. The number of nitrogens with one attached hydrogen (secondary N) is 2. The molecule has 7 nitrogen and oxygen atoms in total. The van der Waals surface area contributed by atoms with Crippen molar-refractivity contribution >= 4 is 17.8 Å². The number of hydrogen-bond donors (Lipinski definition) is 2. The molecule has 4 unspecified atom stereocenters. The average molecular weight is 425 g/mol. The highest BCUT2D eigenvalue weighted by Gasteiger charge is 2.58. The molecular formula is C24H32N4O3. The quantitative estimate of drug-likeness (QED) is 0.197. The lowest BCUT2D eigenvalue weighted by Gasteiger charge is -2.18. The van der Waals surface area contributed by atoms with Gasteiger partial charge in [-0.25, -0.2) is 0 Å². The van der Waals surface area contributed by atoms with E-state index in [2.05, 4.69) is 39.9 Å². The number of nitrogens with zero attached hydrogens (tertiary/aromatic N) is 2. The Morgan fingerprint density at radius 3 is 2.39 bits per heavy atom. The summed E-state index contributed by atoms with van der Waals surface area (Å²) >= 11 is 0. The predicted octanol–water partition coefficient (Wildman–Crippen LogP) is 1.96. The van der Waals surface area contributed by atoms with Gasteiger partial charge in [0, 0.05) is 33.3 Å². The summed E-state index contributed by atoms with van der Waals surface area (Å²) in [5.74, 6) is 0.976. The lowest BCUT2D eigenvalue weighted by molar-refractivity contribution is -0.140. The first-order chi connectivity index (χ1) is 15.2. The molecule has 0 radical (unpaired) electrons. The number of amides is 2. The first-order valence-corrected chi connectivity index (χ1v) is 11.3. The summed E-state index contributed by atoms with van der Waals surface area (Å²) in [4.78, 5) is 31.1. The van der Waals surface area contributed by atoms with Gasteiger partial charge in [-0.3, -0.25) is 19.5 Å². The molecule has 166 valence electrons. The standard InChI is InChI=1S/C24H32N4O3/c1-25-24(26-11-5-6-14-31-16-17-7-3-2-4-8-17)27-12-13-28-22(29)20-18-9-10-19(15-18)21(20)23(28)30/h2-4,7-10,18-21H,5-6,11-16H2,1H3,(H2,25,26,27). The molecule has 0 aromatic heterocycles. The van der Waals surface area contributed by atoms with Crippen LogP contribution in [-0.2, 0) is 20.9 Å². The van der Waals surface area contributed by atoms with Crippen LogP contribution in [0.15, 0.2) is 47.5 Å². The summed E-state index contributed by atoms with van der Waals surface area (Å²) in [6, 6.07) is 10.2. The Balaban J connectivity index is 1.09. The number of rotatable bonds is 10. The molecule has 2 aliphatic carbocycles. The van der Waals surface area contributed by atoms with E-state index in [0.717, 1.165) is 32.4 Å². The molecule has 1 saturated heterocycles. The van der Waals surface area contributed by atoms with Crippen LogP contribution >= 0.6 is 0 Å². The van der Waals surface area contributed by atoms with Crippen molar-refractivity contribution in [2.24, 2.45) is 28.7 Å². The van der Waals surface area contributed by atoms with Gasteiger partial charge in [0.25, 0.3) is 0 Å². The number of carbonyl (C=O) groups is 2. The number of hydrogen-bond acceptors (Lipinski definition) is 4. The van der Waals surface area contributed by atoms with E-state index in [1.165, 1.54) is 10.5 Å². The van der Waals surface area contributed by atoms with Gasteiger partial charge in [-0.05, 0) is 36.7 Å². The van der Waals surface area contributed by atoms with E-state index < -0.39 is 0 Å². The van der Waals surface area contributed by atoms with Gasteiger partial charge in [0.15, 0.2) is 5.96 Å². The van der Waals surface area contributed by atoms with Crippen LogP contribution in [0.4, 0.5) is 0 Å². The van der Waals surface area contributed by atoms with Crippen LogP contribution < -0.4 is 10.6 Å². The van der Waals surface area contributed by atoms with Gasteiger partial charge in [-0.1, -0.05) is 42.5 Å². The van der Waals surface area contributed by atoms with Gasteiger partial charge in [0.05, 0.1) is 18.4 Å². The normalized spacial score (nSPS) is 26.6. The second kappa shape index (κ2) is 10.1. The van der Waals surface area contributed by atoms with Crippen molar-refractivity contribution < 1.29 is 14.3 Å². The summed E-state index contributed by atoms with van der Waals surface area (Å²) in [5, 5.41) is 6.49. The van der Waals surface area contributed by atoms with Gasteiger partial charge < -0.3 is 15.4 Å². The highest BCUT2D eigenvalue weighted by atomic mass is 16.5. The number of aliphatic imine (C=N–C) groups is 1. The minimum absolute atomic E-state index is 0.00657. The van der Waals surface area contributed by atoms with Crippen molar-refractivity contribution in [1.29, 1.82) is 0 Å². The molecule has 2 fully saturated rings. The van der Waals surface area contributed by atoms with Crippen molar-refractivity contribution in [2.45, 2.75) is 25.9 Å². The molecule has 1 aromatic carbocycles. The molecule has 1 aliphatic heterocycles. The fraction of sp³-hybridized carbons (Fsp3) is 0.542. The zero-order valence-corrected chi connectivity index (χ0v) is 18.1. The fourth-order valence-electron chi connectivity index (χ4n) is 4.99. The second-order valence-electron chi connectivity index (χ2n) is 8.50. The zero-order valence-electron chi connectivity index (χ0n) is 18.1. The SMILES string of the molecule is CN=C(NCCCCOCc1ccccc1)NCCN1C(=O)C2C3C=CC(C3)C2C1=O. The molecule has 4 rings (SSSR count). The summed E-state index contributed by atoms with van der Waals surface area (Å²) in [7, 11) is 1.72. The molecule has 2 N–H and O–H groups in total. The number of likely N-dealkylation sites (tertiary alicyclic amines) is 1. The Kier molecular flexibility index (Phi) is 7.02. The van der Waals surface area contributed by atoms with E-state index in [0.29, 0.717) is 25.7 Å². The number of imide groups is 1. The number of ether oxygens (including phenoxy) is 1. The third-order valence-electron chi connectivity index (χ3n) is 6.53. The Bertz CT molecular complexity index is 808. The van der Waals surface area contributed by atoms with Crippen LogP contribution in [0, 0.1) is 23.7 Å². The number of allylic oxidation sites excluding steroid dienone is 2. The third kappa shape index (κ3) is 4.82. The number of carbonyl (C=O) groups excluding carboxylic acids is 2. The van der Waals surface area contributed by atoms with E-state index in [1.54, 1.807) is 7.05 Å². The van der Waals surface area contributed by atoms with Gasteiger partial charge >= 0.3 is 0 Å². The van der Waals surface area contributed by atoms with Gasteiger partial charge in [-0.2, -0.15) is 0 Å². The topological polar surface area (TPSA) is 83.0 Å². The average Bonchev–Trinajstić information content (AvgIpc) is 3.47. The van der Waals surface area contributed by atoms with Gasteiger partial charge in [0.1, 0.15) is 0 Å². The summed E-state index contributed by atoms with van der Waals surface area (Å²) in [6.45, 7) is 3.04. The summed E-state index contributed by atoms with van der Waals surface area (Å²) in [5.41, 5.74) is 1.19. The number of benzene rings is 1. The Morgan fingerprint density at radius 2 is 1.71 bits per heavy atom. The van der Waals surface area contributed by atoms with Crippen LogP contribution in [0.5, 0.6) is 0 Å². The maximum Gasteiger partial charge on any atom is 0.233 e.